The van der Waals surface area contributed by atoms with Gasteiger partial charge in [0.15, 0.2) is 0 Å². The van der Waals surface area contributed by atoms with E-state index in [1.165, 1.54) is 0 Å². The fourth-order valence-electron chi connectivity index (χ4n) is 3.24. The molecule has 136 valence electrons. The molecule has 0 radical (unpaired) electrons. The molecule has 1 saturated carbocycles. The molecule has 1 aliphatic rings. The van der Waals surface area contributed by atoms with Crippen LogP contribution in [0.25, 0.3) is 0 Å². The fourth-order valence-corrected chi connectivity index (χ4v) is 3.42. The number of hydrogen-bond acceptors (Lipinski definition) is 3. The lowest BCUT2D eigenvalue weighted by Gasteiger charge is -2.27. The highest BCUT2D eigenvalue weighted by molar-refractivity contribution is 6.33. The number of hydrogen-bond donors (Lipinski definition) is 2. The number of rotatable bonds is 5. The minimum Gasteiger partial charge on any atom is -0.350 e. The number of para-hydroxylation sites is 1. The number of aromatic nitrogens is 1. The van der Waals surface area contributed by atoms with Gasteiger partial charge in [-0.1, -0.05) is 29.8 Å². The van der Waals surface area contributed by atoms with E-state index in [2.05, 4.69) is 15.6 Å². The molecule has 1 aliphatic carbocycles. The Balaban J connectivity index is 1.45. The molecule has 0 unspecified atom stereocenters. The number of carbonyl (C=O) groups excluding carboxylic acids is 2. The van der Waals surface area contributed by atoms with Gasteiger partial charge in [0, 0.05) is 18.0 Å². The Bertz CT molecular complexity index is 759. The monoisotopic (exact) mass is 371 g/mol. The summed E-state index contributed by atoms with van der Waals surface area (Å²) in [5.74, 6) is -0.0970. The standard InChI is InChI=1S/C20H22ClN3O2/c21-17-6-1-2-7-18(17)24-20(26)15-10-8-14(9-11-15)19(25)23-13-16-5-3-4-12-22-16/h1-7,12,14-15H,8-11,13H2,(H,23,25)(H,24,26). The second kappa shape index (κ2) is 8.81. The van der Waals surface area contributed by atoms with Gasteiger partial charge in [-0.2, -0.15) is 0 Å². The summed E-state index contributed by atoms with van der Waals surface area (Å²) in [4.78, 5) is 29.0. The normalized spacial score (nSPS) is 19.6. The zero-order chi connectivity index (χ0) is 18.4. The summed E-state index contributed by atoms with van der Waals surface area (Å²) in [7, 11) is 0. The molecule has 0 spiro atoms. The van der Waals surface area contributed by atoms with Gasteiger partial charge in [-0.25, -0.2) is 0 Å². The number of benzene rings is 1. The Morgan fingerprint density at radius 2 is 1.62 bits per heavy atom. The molecule has 6 heteroatoms. The summed E-state index contributed by atoms with van der Waals surface area (Å²) in [5.41, 5.74) is 1.48. The van der Waals surface area contributed by atoms with Crippen LogP contribution in [0.4, 0.5) is 5.69 Å². The van der Waals surface area contributed by atoms with Crippen molar-refractivity contribution in [2.24, 2.45) is 11.8 Å². The molecular weight excluding hydrogens is 350 g/mol. The third-order valence-corrected chi connectivity index (χ3v) is 5.10. The van der Waals surface area contributed by atoms with E-state index in [9.17, 15) is 9.59 Å². The quantitative estimate of drug-likeness (QED) is 0.839. The zero-order valence-corrected chi connectivity index (χ0v) is 15.2. The minimum atomic E-state index is -0.0777. The van der Waals surface area contributed by atoms with Gasteiger partial charge in [-0.05, 0) is 49.9 Å². The van der Waals surface area contributed by atoms with Crippen LogP contribution in [0.15, 0.2) is 48.7 Å². The van der Waals surface area contributed by atoms with E-state index in [1.54, 1.807) is 18.3 Å². The van der Waals surface area contributed by atoms with Crippen molar-refractivity contribution < 1.29 is 9.59 Å². The molecule has 1 aromatic heterocycles. The summed E-state index contributed by atoms with van der Waals surface area (Å²) in [6, 6.07) is 12.8. The van der Waals surface area contributed by atoms with Crippen molar-refractivity contribution >= 4 is 29.1 Å². The molecule has 1 fully saturated rings. The van der Waals surface area contributed by atoms with E-state index in [1.807, 2.05) is 30.3 Å². The molecule has 0 atom stereocenters. The second-order valence-corrected chi connectivity index (χ2v) is 6.96. The predicted octanol–water partition coefficient (Wildman–Crippen LogP) is 3.80. The molecule has 2 aromatic rings. The summed E-state index contributed by atoms with van der Waals surface area (Å²) >= 11 is 6.08. The first-order valence-corrected chi connectivity index (χ1v) is 9.24. The summed E-state index contributed by atoms with van der Waals surface area (Å²) < 4.78 is 0. The van der Waals surface area contributed by atoms with E-state index in [0.29, 0.717) is 42.9 Å². The molecule has 0 aliphatic heterocycles. The number of anilines is 1. The Morgan fingerprint density at radius 3 is 2.27 bits per heavy atom. The van der Waals surface area contributed by atoms with Gasteiger partial charge >= 0.3 is 0 Å². The van der Waals surface area contributed by atoms with Gasteiger partial charge in [-0.3, -0.25) is 14.6 Å². The fraction of sp³-hybridized carbons (Fsp3) is 0.350. The van der Waals surface area contributed by atoms with Crippen molar-refractivity contribution in [2.45, 2.75) is 32.2 Å². The highest BCUT2D eigenvalue weighted by atomic mass is 35.5. The molecular formula is C20H22ClN3O2. The Hall–Kier alpha value is -2.40. The molecule has 26 heavy (non-hydrogen) atoms. The summed E-state index contributed by atoms with van der Waals surface area (Å²) in [6.07, 6.45) is 4.56. The Kier molecular flexibility index (Phi) is 6.23. The lowest BCUT2D eigenvalue weighted by molar-refractivity contribution is -0.128. The predicted molar refractivity (Wildman–Crippen MR) is 102 cm³/mol. The molecule has 3 rings (SSSR count). The van der Waals surface area contributed by atoms with E-state index in [4.69, 9.17) is 11.6 Å². The zero-order valence-electron chi connectivity index (χ0n) is 14.5. The molecule has 0 saturated heterocycles. The molecule has 1 heterocycles. The lowest BCUT2D eigenvalue weighted by atomic mass is 9.81. The topological polar surface area (TPSA) is 71.1 Å². The third-order valence-electron chi connectivity index (χ3n) is 4.77. The Labute approximate surface area is 158 Å². The number of carbonyl (C=O) groups is 2. The van der Waals surface area contributed by atoms with Crippen molar-refractivity contribution in [2.75, 3.05) is 5.32 Å². The maximum atomic E-state index is 12.4. The van der Waals surface area contributed by atoms with Crippen molar-refractivity contribution in [3.8, 4) is 0 Å². The molecule has 2 N–H and O–H groups in total. The van der Waals surface area contributed by atoms with Gasteiger partial charge in [-0.15, -0.1) is 0 Å². The number of amides is 2. The summed E-state index contributed by atoms with van der Waals surface area (Å²) in [6.45, 7) is 0.437. The Morgan fingerprint density at radius 1 is 0.962 bits per heavy atom. The highest BCUT2D eigenvalue weighted by Gasteiger charge is 2.30. The highest BCUT2D eigenvalue weighted by Crippen LogP contribution is 2.30. The van der Waals surface area contributed by atoms with Crippen LogP contribution in [0, 0.1) is 11.8 Å². The van der Waals surface area contributed by atoms with Crippen molar-refractivity contribution in [3.63, 3.8) is 0 Å². The van der Waals surface area contributed by atoms with Crippen LogP contribution in [0.2, 0.25) is 5.02 Å². The van der Waals surface area contributed by atoms with Crippen LogP contribution in [0.3, 0.4) is 0 Å². The van der Waals surface area contributed by atoms with E-state index < -0.39 is 0 Å². The average Bonchev–Trinajstić information content (AvgIpc) is 2.69. The molecule has 0 bridgehead atoms. The van der Waals surface area contributed by atoms with Gasteiger partial charge in [0.25, 0.3) is 0 Å². The van der Waals surface area contributed by atoms with Gasteiger partial charge in [0.2, 0.25) is 11.8 Å². The first-order valence-electron chi connectivity index (χ1n) is 8.86. The van der Waals surface area contributed by atoms with Crippen molar-refractivity contribution in [1.29, 1.82) is 0 Å². The second-order valence-electron chi connectivity index (χ2n) is 6.56. The largest absolute Gasteiger partial charge is 0.350 e. The van der Waals surface area contributed by atoms with Gasteiger partial charge in [0.05, 0.1) is 22.9 Å². The number of nitrogens with one attached hydrogen (secondary N) is 2. The van der Waals surface area contributed by atoms with E-state index in [-0.39, 0.29) is 23.7 Å². The van der Waals surface area contributed by atoms with Gasteiger partial charge < -0.3 is 10.6 Å². The minimum absolute atomic E-state index is 0.0227. The van der Waals surface area contributed by atoms with Crippen LogP contribution >= 0.6 is 11.6 Å². The van der Waals surface area contributed by atoms with E-state index >= 15 is 0 Å². The number of pyridine rings is 1. The smallest absolute Gasteiger partial charge is 0.227 e. The van der Waals surface area contributed by atoms with E-state index in [0.717, 1.165) is 5.69 Å². The molecule has 2 amide bonds. The first-order chi connectivity index (χ1) is 12.6. The molecule has 5 nitrogen and oxygen atoms in total. The first kappa shape index (κ1) is 18.4. The van der Waals surface area contributed by atoms with Crippen LogP contribution < -0.4 is 10.6 Å². The van der Waals surface area contributed by atoms with Crippen molar-refractivity contribution in [1.82, 2.24) is 10.3 Å². The number of nitrogens with zero attached hydrogens (tertiary/aromatic N) is 1. The third kappa shape index (κ3) is 4.82. The van der Waals surface area contributed by atoms with Crippen LogP contribution in [0.5, 0.6) is 0 Å². The van der Waals surface area contributed by atoms with Crippen LogP contribution in [-0.4, -0.2) is 16.8 Å². The lowest BCUT2D eigenvalue weighted by Crippen LogP contribution is -2.35. The number of halogens is 1. The average molecular weight is 372 g/mol. The van der Waals surface area contributed by atoms with Gasteiger partial charge in [0.1, 0.15) is 0 Å². The van der Waals surface area contributed by atoms with Crippen molar-refractivity contribution in [3.05, 3.63) is 59.4 Å². The van der Waals surface area contributed by atoms with Crippen LogP contribution in [0.1, 0.15) is 31.4 Å². The summed E-state index contributed by atoms with van der Waals surface area (Å²) in [5, 5.41) is 6.36. The van der Waals surface area contributed by atoms with Crippen LogP contribution in [-0.2, 0) is 16.1 Å². The SMILES string of the molecule is O=C(NCc1ccccn1)C1CCC(C(=O)Nc2ccccc2Cl)CC1. The maximum Gasteiger partial charge on any atom is 0.227 e. The molecule has 1 aromatic carbocycles. The maximum absolute atomic E-state index is 12.4.